The van der Waals surface area contributed by atoms with E-state index in [1.807, 2.05) is 19.1 Å². The predicted molar refractivity (Wildman–Crippen MR) is 58.5 cm³/mol. The molecular formula is C11H15N3O. The van der Waals surface area contributed by atoms with Crippen LogP contribution in [0.1, 0.15) is 26.1 Å². The van der Waals surface area contributed by atoms with Crippen molar-refractivity contribution in [3.05, 3.63) is 24.2 Å². The summed E-state index contributed by atoms with van der Waals surface area (Å²) in [7, 11) is 1.70. The van der Waals surface area contributed by atoms with Gasteiger partial charge in [0.25, 0.3) is 0 Å². The van der Waals surface area contributed by atoms with Crippen molar-refractivity contribution < 1.29 is 4.74 Å². The van der Waals surface area contributed by atoms with Crippen LogP contribution in [-0.4, -0.2) is 22.1 Å². The summed E-state index contributed by atoms with van der Waals surface area (Å²) in [6, 6.07) is 3.85. The third kappa shape index (κ3) is 1.61. The highest BCUT2D eigenvalue weighted by molar-refractivity contribution is 5.70. The monoisotopic (exact) mass is 205 g/mol. The highest BCUT2D eigenvalue weighted by atomic mass is 16.5. The lowest BCUT2D eigenvalue weighted by Gasteiger charge is -2.23. The van der Waals surface area contributed by atoms with Gasteiger partial charge in [-0.15, -0.1) is 0 Å². The third-order valence-electron chi connectivity index (χ3n) is 2.88. The molecule has 1 N–H and O–H groups in total. The molecule has 0 fully saturated rings. The quantitative estimate of drug-likeness (QED) is 0.836. The molecule has 4 heteroatoms. The summed E-state index contributed by atoms with van der Waals surface area (Å²) in [5, 5.41) is 0. The van der Waals surface area contributed by atoms with Gasteiger partial charge in [0.05, 0.1) is 5.52 Å². The summed E-state index contributed by atoms with van der Waals surface area (Å²) < 4.78 is 5.48. The highest BCUT2D eigenvalue weighted by Crippen LogP contribution is 2.26. The molecule has 0 aliphatic heterocycles. The first kappa shape index (κ1) is 10.1. The minimum atomic E-state index is -0.360. The number of nitrogens with zero attached hydrogens (tertiary/aromatic N) is 2. The van der Waals surface area contributed by atoms with Gasteiger partial charge in [0.15, 0.2) is 5.65 Å². The van der Waals surface area contributed by atoms with E-state index in [9.17, 15) is 0 Å². The van der Waals surface area contributed by atoms with Gasteiger partial charge in [-0.05, 0) is 25.5 Å². The van der Waals surface area contributed by atoms with Crippen LogP contribution in [0.4, 0.5) is 0 Å². The highest BCUT2D eigenvalue weighted by Gasteiger charge is 2.27. The molecule has 1 atom stereocenters. The molecule has 2 aromatic heterocycles. The van der Waals surface area contributed by atoms with Gasteiger partial charge >= 0.3 is 0 Å². The average Bonchev–Trinajstić information content (AvgIpc) is 2.72. The Bertz CT molecular complexity index is 427. The minimum absolute atomic E-state index is 0.360. The van der Waals surface area contributed by atoms with Crippen LogP contribution in [0.5, 0.6) is 0 Å². The van der Waals surface area contributed by atoms with Crippen molar-refractivity contribution in [2.24, 2.45) is 0 Å². The smallest absolute Gasteiger partial charge is 0.177 e. The zero-order chi connectivity index (χ0) is 10.9. The number of pyridine rings is 1. The van der Waals surface area contributed by atoms with E-state index in [2.05, 4.69) is 21.9 Å². The SMILES string of the molecule is CCC(C)(OC)c1nc2ncccc2[nH]1. The summed E-state index contributed by atoms with van der Waals surface area (Å²) in [6.07, 6.45) is 2.60. The second-order valence-corrected chi connectivity index (χ2v) is 3.75. The van der Waals surface area contributed by atoms with E-state index < -0.39 is 0 Å². The van der Waals surface area contributed by atoms with Crippen LogP contribution in [0.25, 0.3) is 11.2 Å². The van der Waals surface area contributed by atoms with E-state index >= 15 is 0 Å². The minimum Gasteiger partial charge on any atom is -0.371 e. The van der Waals surface area contributed by atoms with E-state index in [1.54, 1.807) is 13.3 Å². The standard InChI is InChI=1S/C11H15N3O/c1-4-11(2,15-3)10-13-8-6-5-7-12-9(8)14-10/h5-7H,4H2,1-3H3,(H,12,13,14). The largest absolute Gasteiger partial charge is 0.371 e. The third-order valence-corrected chi connectivity index (χ3v) is 2.88. The van der Waals surface area contributed by atoms with Crippen LogP contribution in [0.2, 0.25) is 0 Å². The van der Waals surface area contributed by atoms with E-state index in [4.69, 9.17) is 4.74 Å². The van der Waals surface area contributed by atoms with Gasteiger partial charge in [0.1, 0.15) is 11.4 Å². The molecule has 2 heterocycles. The van der Waals surface area contributed by atoms with E-state index in [0.717, 1.165) is 23.4 Å². The molecule has 4 nitrogen and oxygen atoms in total. The van der Waals surface area contributed by atoms with Crippen LogP contribution in [-0.2, 0) is 10.3 Å². The molecule has 15 heavy (non-hydrogen) atoms. The topological polar surface area (TPSA) is 50.8 Å². The molecular weight excluding hydrogens is 190 g/mol. The van der Waals surface area contributed by atoms with Gasteiger partial charge in [-0.3, -0.25) is 0 Å². The van der Waals surface area contributed by atoms with Crippen molar-refractivity contribution in [3.8, 4) is 0 Å². The fraction of sp³-hybridized carbons (Fsp3) is 0.455. The van der Waals surface area contributed by atoms with Gasteiger partial charge in [-0.2, -0.15) is 0 Å². The van der Waals surface area contributed by atoms with Gasteiger partial charge in [-0.25, -0.2) is 9.97 Å². The molecule has 0 radical (unpaired) electrons. The summed E-state index contributed by atoms with van der Waals surface area (Å²) in [5.41, 5.74) is 1.33. The van der Waals surface area contributed by atoms with Gasteiger partial charge in [0, 0.05) is 13.3 Å². The number of ether oxygens (including phenoxy) is 1. The molecule has 0 amide bonds. The summed E-state index contributed by atoms with van der Waals surface area (Å²) in [6.45, 7) is 4.09. The Labute approximate surface area is 88.7 Å². The molecule has 0 saturated heterocycles. The lowest BCUT2D eigenvalue weighted by atomic mass is 10.0. The first-order valence-electron chi connectivity index (χ1n) is 5.06. The number of hydrogen-bond acceptors (Lipinski definition) is 3. The van der Waals surface area contributed by atoms with Crippen LogP contribution >= 0.6 is 0 Å². The van der Waals surface area contributed by atoms with E-state index in [-0.39, 0.29) is 5.60 Å². The predicted octanol–water partition coefficient (Wildman–Crippen LogP) is 2.23. The Morgan fingerprint density at radius 1 is 1.53 bits per heavy atom. The van der Waals surface area contributed by atoms with Gasteiger partial charge in [0.2, 0.25) is 0 Å². The zero-order valence-electron chi connectivity index (χ0n) is 9.24. The number of aromatic amines is 1. The van der Waals surface area contributed by atoms with Gasteiger partial charge in [-0.1, -0.05) is 6.92 Å². The maximum atomic E-state index is 5.48. The van der Waals surface area contributed by atoms with Crippen molar-refractivity contribution in [2.75, 3.05) is 7.11 Å². The number of imidazole rings is 1. The van der Waals surface area contributed by atoms with E-state index in [0.29, 0.717) is 0 Å². The number of H-pyrrole nitrogens is 1. The van der Waals surface area contributed by atoms with Crippen molar-refractivity contribution in [1.82, 2.24) is 15.0 Å². The second-order valence-electron chi connectivity index (χ2n) is 3.75. The molecule has 0 saturated carbocycles. The number of aromatic nitrogens is 3. The second kappa shape index (κ2) is 3.62. The van der Waals surface area contributed by atoms with Crippen molar-refractivity contribution in [1.29, 1.82) is 0 Å². The lowest BCUT2D eigenvalue weighted by molar-refractivity contribution is -0.00805. The van der Waals surface area contributed by atoms with Crippen molar-refractivity contribution >= 4 is 11.2 Å². The van der Waals surface area contributed by atoms with Crippen molar-refractivity contribution in [2.45, 2.75) is 25.9 Å². The molecule has 0 aliphatic carbocycles. The van der Waals surface area contributed by atoms with Crippen LogP contribution in [0.15, 0.2) is 18.3 Å². The van der Waals surface area contributed by atoms with Crippen LogP contribution in [0, 0.1) is 0 Å². The normalized spacial score (nSPS) is 15.4. The summed E-state index contributed by atoms with van der Waals surface area (Å²) in [5.74, 6) is 0.834. The van der Waals surface area contributed by atoms with E-state index in [1.165, 1.54) is 0 Å². The average molecular weight is 205 g/mol. The first-order chi connectivity index (χ1) is 7.19. The molecule has 80 valence electrons. The number of hydrogen-bond donors (Lipinski definition) is 1. The first-order valence-corrected chi connectivity index (χ1v) is 5.06. The molecule has 1 unspecified atom stereocenters. The molecule has 0 aliphatic rings. The van der Waals surface area contributed by atoms with Crippen molar-refractivity contribution in [3.63, 3.8) is 0 Å². The molecule has 2 rings (SSSR count). The Kier molecular flexibility index (Phi) is 2.44. The number of rotatable bonds is 3. The fourth-order valence-electron chi connectivity index (χ4n) is 1.50. The maximum absolute atomic E-state index is 5.48. The lowest BCUT2D eigenvalue weighted by Crippen LogP contribution is -2.24. The van der Waals surface area contributed by atoms with Gasteiger partial charge < -0.3 is 9.72 Å². The molecule has 0 spiro atoms. The molecule has 2 aromatic rings. The number of nitrogens with one attached hydrogen (secondary N) is 1. The molecule has 0 bridgehead atoms. The zero-order valence-corrected chi connectivity index (χ0v) is 9.24. The summed E-state index contributed by atoms with van der Waals surface area (Å²) >= 11 is 0. The Morgan fingerprint density at radius 2 is 2.33 bits per heavy atom. The fourth-order valence-corrected chi connectivity index (χ4v) is 1.50. The number of fused-ring (bicyclic) bond motifs is 1. The maximum Gasteiger partial charge on any atom is 0.177 e. The molecule has 0 aromatic carbocycles. The Balaban J connectivity index is 2.52. The number of methoxy groups -OCH3 is 1. The summed E-state index contributed by atoms with van der Waals surface area (Å²) in [4.78, 5) is 11.9. The van der Waals surface area contributed by atoms with Crippen LogP contribution < -0.4 is 0 Å². The Morgan fingerprint density at radius 3 is 2.93 bits per heavy atom. The Hall–Kier alpha value is -1.42. The van der Waals surface area contributed by atoms with Crippen LogP contribution in [0.3, 0.4) is 0 Å².